The Balaban J connectivity index is 1.76. The molecule has 10 heteroatoms. The minimum atomic E-state index is -0.641. The molecule has 3 heterocycles. The van der Waals surface area contributed by atoms with Crippen molar-refractivity contribution >= 4 is 17.4 Å². The van der Waals surface area contributed by atoms with Crippen LogP contribution in [0.25, 0.3) is 0 Å². The number of pyridine rings is 1. The van der Waals surface area contributed by atoms with Gasteiger partial charge in [0.25, 0.3) is 0 Å². The molecular formula is C17H20N6O4. The lowest BCUT2D eigenvalue weighted by Gasteiger charge is -2.44. The van der Waals surface area contributed by atoms with E-state index in [0.717, 1.165) is 0 Å². The quantitative estimate of drug-likeness (QED) is 0.423. The Labute approximate surface area is 156 Å². The summed E-state index contributed by atoms with van der Waals surface area (Å²) in [6.45, 7) is 2.46. The van der Waals surface area contributed by atoms with Gasteiger partial charge in [-0.25, -0.2) is 4.98 Å². The minimum Gasteiger partial charge on any atom is -0.487 e. The number of nitro groups is 1. The summed E-state index contributed by atoms with van der Waals surface area (Å²) in [6, 6.07) is 2.90. The normalized spacial score (nSPS) is 18.7. The zero-order valence-electron chi connectivity index (χ0n) is 15.2. The lowest BCUT2D eigenvalue weighted by atomic mass is 10.1. The van der Waals surface area contributed by atoms with Crippen LogP contribution in [0.2, 0.25) is 0 Å². The molecule has 1 fully saturated rings. The minimum absolute atomic E-state index is 0.0586. The number of carbonyl (C=O) groups excluding carboxylic acids is 1. The highest BCUT2D eigenvalue weighted by Gasteiger charge is 2.36. The maximum absolute atomic E-state index is 12.3. The highest BCUT2D eigenvalue weighted by atomic mass is 16.6. The van der Waals surface area contributed by atoms with Crippen molar-refractivity contribution in [3.8, 4) is 11.8 Å². The van der Waals surface area contributed by atoms with Gasteiger partial charge in [-0.05, 0) is 14.1 Å². The lowest BCUT2D eigenvalue weighted by molar-refractivity contribution is -0.385. The molecule has 2 aliphatic heterocycles. The Hall–Kier alpha value is -3.19. The van der Waals surface area contributed by atoms with Crippen LogP contribution >= 0.6 is 0 Å². The third-order valence-electron chi connectivity index (χ3n) is 4.48. The summed E-state index contributed by atoms with van der Waals surface area (Å²) in [4.78, 5) is 32.6. The van der Waals surface area contributed by atoms with Gasteiger partial charge in [-0.2, -0.15) is 5.26 Å². The van der Waals surface area contributed by atoms with Crippen LogP contribution in [-0.2, 0) is 4.79 Å². The van der Waals surface area contributed by atoms with Crippen molar-refractivity contribution in [2.75, 3.05) is 51.8 Å². The van der Waals surface area contributed by atoms with E-state index in [0.29, 0.717) is 44.4 Å². The zero-order chi connectivity index (χ0) is 19.6. The number of aromatic nitrogens is 1. The summed E-state index contributed by atoms with van der Waals surface area (Å²) < 4.78 is 5.64. The number of fused-ring (bicyclic) bond motifs is 3. The maximum Gasteiger partial charge on any atom is 0.309 e. The standard InChI is InChI=1S/C17H20N6O4/c1-20(2)5-3-4-16(24)21-6-7-22-12(10-21)11-27-15-8-14(23(25)26)13(9-18)19-17(15)22/h3-4,8,12H,5-7,10-11H2,1-2H3/b4-3+/t12-/m0/s1. The molecular weight excluding hydrogens is 352 g/mol. The van der Waals surface area contributed by atoms with Crippen LogP contribution in [0.5, 0.6) is 5.75 Å². The molecule has 27 heavy (non-hydrogen) atoms. The largest absolute Gasteiger partial charge is 0.487 e. The predicted molar refractivity (Wildman–Crippen MR) is 96.5 cm³/mol. The summed E-state index contributed by atoms with van der Waals surface area (Å²) in [6.07, 6.45) is 3.39. The van der Waals surface area contributed by atoms with E-state index in [1.165, 1.54) is 6.07 Å². The van der Waals surface area contributed by atoms with Crippen LogP contribution in [0.3, 0.4) is 0 Å². The van der Waals surface area contributed by atoms with Gasteiger partial charge in [0.1, 0.15) is 12.7 Å². The summed E-state index contributed by atoms with van der Waals surface area (Å²) >= 11 is 0. The van der Waals surface area contributed by atoms with E-state index in [4.69, 9.17) is 10.00 Å². The van der Waals surface area contributed by atoms with Gasteiger partial charge in [-0.15, -0.1) is 0 Å². The number of hydrogen-bond acceptors (Lipinski definition) is 8. The average Bonchev–Trinajstić information content (AvgIpc) is 2.65. The van der Waals surface area contributed by atoms with Gasteiger partial charge in [-0.1, -0.05) is 6.08 Å². The molecule has 3 rings (SSSR count). The maximum atomic E-state index is 12.3. The number of piperazine rings is 1. The molecule has 1 aromatic heterocycles. The molecule has 1 saturated heterocycles. The fraction of sp³-hybridized carbons (Fsp3) is 0.471. The highest BCUT2D eigenvalue weighted by Crippen LogP contribution is 2.37. The molecule has 1 amide bonds. The molecule has 142 valence electrons. The van der Waals surface area contributed by atoms with Gasteiger partial charge in [-0.3, -0.25) is 14.9 Å². The van der Waals surface area contributed by atoms with E-state index in [1.807, 2.05) is 30.0 Å². The summed E-state index contributed by atoms with van der Waals surface area (Å²) in [7, 11) is 3.86. The fourth-order valence-corrected chi connectivity index (χ4v) is 3.14. The van der Waals surface area contributed by atoms with E-state index < -0.39 is 4.92 Å². The Morgan fingerprint density at radius 1 is 1.56 bits per heavy atom. The Morgan fingerprint density at radius 3 is 3.00 bits per heavy atom. The van der Waals surface area contributed by atoms with E-state index in [-0.39, 0.29) is 23.3 Å². The van der Waals surface area contributed by atoms with Crippen LogP contribution in [0.15, 0.2) is 18.2 Å². The second-order valence-electron chi connectivity index (χ2n) is 6.65. The van der Waals surface area contributed by atoms with Crippen LogP contribution in [0.1, 0.15) is 5.69 Å². The second-order valence-corrected chi connectivity index (χ2v) is 6.65. The molecule has 0 radical (unpaired) electrons. The number of nitrogens with zero attached hydrogens (tertiary/aromatic N) is 6. The van der Waals surface area contributed by atoms with Crippen molar-refractivity contribution in [2.45, 2.75) is 6.04 Å². The third kappa shape index (κ3) is 3.83. The zero-order valence-corrected chi connectivity index (χ0v) is 15.2. The smallest absolute Gasteiger partial charge is 0.309 e. The molecule has 0 unspecified atom stereocenters. The number of nitriles is 1. The monoisotopic (exact) mass is 372 g/mol. The number of rotatable bonds is 4. The first kappa shape index (κ1) is 18.6. The summed E-state index contributed by atoms with van der Waals surface area (Å²) in [5.41, 5.74) is -0.609. The highest BCUT2D eigenvalue weighted by molar-refractivity contribution is 5.88. The van der Waals surface area contributed by atoms with Crippen LogP contribution < -0.4 is 9.64 Å². The first-order valence-corrected chi connectivity index (χ1v) is 8.50. The van der Waals surface area contributed by atoms with Gasteiger partial charge >= 0.3 is 5.69 Å². The number of amides is 1. The van der Waals surface area contributed by atoms with Gasteiger partial charge in [0, 0.05) is 32.3 Å². The first-order chi connectivity index (χ1) is 12.9. The molecule has 1 aromatic rings. The Kier molecular flexibility index (Phi) is 5.23. The number of ether oxygens (including phenoxy) is 1. The molecule has 0 saturated carbocycles. The van der Waals surface area contributed by atoms with Crippen LogP contribution in [-0.4, -0.2) is 78.5 Å². The molecule has 1 atom stereocenters. The third-order valence-corrected chi connectivity index (χ3v) is 4.48. The van der Waals surface area contributed by atoms with Crippen molar-refractivity contribution < 1.29 is 14.5 Å². The van der Waals surface area contributed by atoms with E-state index in [2.05, 4.69) is 4.98 Å². The van der Waals surface area contributed by atoms with E-state index in [9.17, 15) is 14.9 Å². The SMILES string of the molecule is CN(C)C/C=C/C(=O)N1CCN2c3nc(C#N)c([N+](=O)[O-])cc3OC[C@@H]2C1. The Morgan fingerprint density at radius 2 is 2.33 bits per heavy atom. The predicted octanol–water partition coefficient (Wildman–Crippen LogP) is 0.389. The molecule has 10 nitrogen and oxygen atoms in total. The summed E-state index contributed by atoms with van der Waals surface area (Å²) in [5, 5.41) is 20.2. The van der Waals surface area contributed by atoms with Crippen molar-refractivity contribution in [3.05, 3.63) is 34.0 Å². The van der Waals surface area contributed by atoms with Crippen molar-refractivity contribution in [3.63, 3.8) is 0 Å². The second kappa shape index (κ2) is 7.59. The lowest BCUT2D eigenvalue weighted by Crippen LogP contribution is -2.58. The topological polar surface area (TPSA) is 116 Å². The molecule has 2 aliphatic rings. The Bertz CT molecular complexity index is 831. The molecule has 0 bridgehead atoms. The molecule has 0 aromatic carbocycles. The van der Waals surface area contributed by atoms with Gasteiger partial charge in [0.05, 0.1) is 17.0 Å². The van der Waals surface area contributed by atoms with E-state index >= 15 is 0 Å². The van der Waals surface area contributed by atoms with Gasteiger partial charge in [0.15, 0.2) is 11.6 Å². The van der Waals surface area contributed by atoms with Crippen molar-refractivity contribution in [1.29, 1.82) is 5.26 Å². The first-order valence-electron chi connectivity index (χ1n) is 8.50. The summed E-state index contributed by atoms with van der Waals surface area (Å²) in [5.74, 6) is 0.655. The molecule has 0 N–H and O–H groups in total. The molecule has 0 aliphatic carbocycles. The van der Waals surface area contributed by atoms with Gasteiger partial charge < -0.3 is 19.4 Å². The van der Waals surface area contributed by atoms with Gasteiger partial charge in [0.2, 0.25) is 11.6 Å². The molecule has 0 spiro atoms. The number of anilines is 1. The van der Waals surface area contributed by atoms with Crippen molar-refractivity contribution in [1.82, 2.24) is 14.8 Å². The van der Waals surface area contributed by atoms with E-state index in [1.54, 1.807) is 17.0 Å². The average molecular weight is 372 g/mol. The fourth-order valence-electron chi connectivity index (χ4n) is 3.14. The number of likely N-dealkylation sites (N-methyl/N-ethyl adjacent to an activating group) is 1. The van der Waals surface area contributed by atoms with Crippen LogP contribution in [0.4, 0.5) is 11.5 Å². The number of hydrogen-bond donors (Lipinski definition) is 0. The van der Waals surface area contributed by atoms with Crippen LogP contribution in [0, 0.1) is 21.4 Å². The van der Waals surface area contributed by atoms with Crippen molar-refractivity contribution in [2.24, 2.45) is 0 Å². The number of carbonyl (C=O) groups is 1.